The Bertz CT molecular complexity index is 377. The first-order valence-corrected chi connectivity index (χ1v) is 4.26. The summed E-state index contributed by atoms with van der Waals surface area (Å²) in [6, 6.07) is 1.52. The number of pyridine rings is 1. The molecule has 1 rings (SSSR count). The first-order valence-electron chi connectivity index (χ1n) is 3.89. The normalized spacial score (nSPS) is 10.6. The van der Waals surface area contributed by atoms with E-state index < -0.39 is 5.97 Å². The third-order valence-electron chi connectivity index (χ3n) is 1.52. The number of hydrogen-bond acceptors (Lipinski definition) is 3. The van der Waals surface area contributed by atoms with Crippen molar-refractivity contribution in [2.24, 2.45) is 0 Å². The van der Waals surface area contributed by atoms with Gasteiger partial charge >= 0.3 is 5.97 Å². The third-order valence-corrected chi connectivity index (χ3v) is 1.73. The molecule has 0 amide bonds. The lowest BCUT2D eigenvalue weighted by atomic mass is 10.2. The molecule has 0 aliphatic heterocycles. The lowest BCUT2D eigenvalue weighted by Crippen LogP contribution is -1.92. The summed E-state index contributed by atoms with van der Waals surface area (Å²) in [5.41, 5.74) is 6.76. The van der Waals surface area contributed by atoms with Gasteiger partial charge in [0.25, 0.3) is 0 Å². The molecule has 1 aromatic heterocycles. The zero-order valence-corrected chi connectivity index (χ0v) is 8.03. The molecule has 0 bridgehead atoms. The maximum Gasteiger partial charge on any atom is 0.307 e. The number of carboxylic acid groups (broad SMARTS) is 1. The van der Waals surface area contributed by atoms with Crippen molar-refractivity contribution in [2.75, 3.05) is 5.73 Å². The quantitative estimate of drug-likeness (QED) is 0.750. The van der Waals surface area contributed by atoms with E-state index >= 15 is 0 Å². The molecule has 0 spiro atoms. The molecule has 5 heteroatoms. The molecule has 0 fully saturated rings. The number of carboxylic acids is 1. The van der Waals surface area contributed by atoms with Gasteiger partial charge in [0.1, 0.15) is 5.15 Å². The first kappa shape index (κ1) is 10.5. The van der Waals surface area contributed by atoms with E-state index in [0.29, 0.717) is 16.4 Å². The fraction of sp³-hybridized carbons (Fsp3) is 0.111. The minimum atomic E-state index is -0.887. The summed E-state index contributed by atoms with van der Waals surface area (Å²) in [7, 11) is 0. The van der Waals surface area contributed by atoms with Crippen LogP contribution in [0.25, 0.3) is 6.08 Å². The molecule has 3 N–H and O–H groups in total. The summed E-state index contributed by atoms with van der Waals surface area (Å²) >= 11 is 5.59. The van der Waals surface area contributed by atoms with Crippen molar-refractivity contribution in [1.29, 1.82) is 0 Å². The zero-order valence-electron chi connectivity index (χ0n) is 7.27. The van der Waals surface area contributed by atoms with Crippen molar-refractivity contribution in [3.63, 3.8) is 0 Å². The highest BCUT2D eigenvalue weighted by Gasteiger charge is 1.97. The van der Waals surface area contributed by atoms with Crippen molar-refractivity contribution in [3.05, 3.63) is 29.1 Å². The lowest BCUT2D eigenvalue weighted by molar-refractivity contribution is -0.135. The van der Waals surface area contributed by atoms with Gasteiger partial charge in [-0.3, -0.25) is 4.79 Å². The fourth-order valence-electron chi connectivity index (χ4n) is 0.881. The van der Waals surface area contributed by atoms with E-state index in [9.17, 15) is 4.79 Å². The first-order chi connectivity index (χ1) is 6.59. The number of rotatable bonds is 3. The molecule has 0 saturated carbocycles. The second-order valence-electron chi connectivity index (χ2n) is 2.64. The van der Waals surface area contributed by atoms with Crippen LogP contribution in [0.15, 0.2) is 18.3 Å². The zero-order chi connectivity index (χ0) is 10.6. The molecular weight excluding hydrogens is 204 g/mol. The van der Waals surface area contributed by atoms with E-state index in [1.54, 1.807) is 6.08 Å². The van der Waals surface area contributed by atoms with Crippen LogP contribution in [-0.2, 0) is 4.79 Å². The summed E-state index contributed by atoms with van der Waals surface area (Å²) in [6.45, 7) is 0. The van der Waals surface area contributed by atoms with Crippen LogP contribution in [0.5, 0.6) is 0 Å². The van der Waals surface area contributed by atoms with Gasteiger partial charge in [-0.15, -0.1) is 0 Å². The predicted octanol–water partition coefficient (Wildman–Crippen LogP) is 1.81. The van der Waals surface area contributed by atoms with Crippen LogP contribution in [0.4, 0.5) is 5.69 Å². The van der Waals surface area contributed by atoms with E-state index in [2.05, 4.69) is 4.98 Å². The second kappa shape index (κ2) is 4.62. The van der Waals surface area contributed by atoms with Gasteiger partial charge < -0.3 is 10.8 Å². The lowest BCUT2D eigenvalue weighted by Gasteiger charge is -1.98. The minimum absolute atomic E-state index is 0.0396. The maximum absolute atomic E-state index is 10.2. The third kappa shape index (κ3) is 3.06. The summed E-state index contributed by atoms with van der Waals surface area (Å²) < 4.78 is 0. The SMILES string of the molecule is Nc1cc(Cl)ncc1C=CCC(=O)O. The van der Waals surface area contributed by atoms with Crippen molar-refractivity contribution in [3.8, 4) is 0 Å². The molecule has 1 aromatic rings. The Hall–Kier alpha value is -1.55. The Morgan fingerprint density at radius 2 is 2.43 bits per heavy atom. The van der Waals surface area contributed by atoms with Crippen LogP contribution in [0, 0.1) is 0 Å². The van der Waals surface area contributed by atoms with Crippen molar-refractivity contribution in [2.45, 2.75) is 6.42 Å². The smallest absolute Gasteiger partial charge is 0.307 e. The van der Waals surface area contributed by atoms with Crippen molar-refractivity contribution < 1.29 is 9.90 Å². The van der Waals surface area contributed by atoms with Gasteiger partial charge in [-0.05, 0) is 6.07 Å². The van der Waals surface area contributed by atoms with Gasteiger partial charge in [0.05, 0.1) is 6.42 Å². The molecule has 0 unspecified atom stereocenters. The number of hydrogen-bond donors (Lipinski definition) is 2. The molecular formula is C9H9ClN2O2. The highest BCUT2D eigenvalue weighted by molar-refractivity contribution is 6.29. The van der Waals surface area contributed by atoms with Crippen LogP contribution in [0.1, 0.15) is 12.0 Å². The predicted molar refractivity (Wildman–Crippen MR) is 54.9 cm³/mol. The maximum atomic E-state index is 10.2. The highest BCUT2D eigenvalue weighted by atomic mass is 35.5. The van der Waals surface area contributed by atoms with Crippen LogP contribution < -0.4 is 5.73 Å². The number of halogens is 1. The topological polar surface area (TPSA) is 76.2 Å². The van der Waals surface area contributed by atoms with E-state index in [4.69, 9.17) is 22.4 Å². The van der Waals surface area contributed by atoms with E-state index in [0.717, 1.165) is 0 Å². The van der Waals surface area contributed by atoms with Gasteiger partial charge in [-0.25, -0.2) is 4.98 Å². The van der Waals surface area contributed by atoms with Gasteiger partial charge in [0, 0.05) is 17.4 Å². The van der Waals surface area contributed by atoms with Crippen molar-refractivity contribution >= 4 is 29.3 Å². The van der Waals surface area contributed by atoms with Crippen LogP contribution >= 0.6 is 11.6 Å². The summed E-state index contributed by atoms with van der Waals surface area (Å²) in [5, 5.41) is 8.70. The molecule has 0 aliphatic rings. The van der Waals surface area contributed by atoms with Crippen LogP contribution in [0.2, 0.25) is 5.15 Å². The highest BCUT2D eigenvalue weighted by Crippen LogP contribution is 2.16. The Morgan fingerprint density at radius 1 is 1.71 bits per heavy atom. The summed E-state index contributed by atoms with van der Waals surface area (Å²) in [6.07, 6.45) is 4.56. The number of anilines is 1. The van der Waals surface area contributed by atoms with Gasteiger partial charge in [-0.1, -0.05) is 23.8 Å². The van der Waals surface area contributed by atoms with Gasteiger partial charge in [0.15, 0.2) is 0 Å². The molecule has 74 valence electrons. The van der Waals surface area contributed by atoms with Gasteiger partial charge in [0.2, 0.25) is 0 Å². The molecule has 0 aromatic carbocycles. The number of nitrogens with two attached hydrogens (primary N) is 1. The van der Waals surface area contributed by atoms with Crippen LogP contribution in [-0.4, -0.2) is 16.1 Å². The Labute approximate surface area is 86.0 Å². The largest absolute Gasteiger partial charge is 0.481 e. The number of carbonyl (C=O) groups is 1. The Balaban J connectivity index is 2.76. The number of nitrogen functional groups attached to an aromatic ring is 1. The summed E-state index contributed by atoms with van der Waals surface area (Å²) in [4.78, 5) is 14.0. The molecule has 0 aliphatic carbocycles. The number of aliphatic carboxylic acids is 1. The fourth-order valence-corrected chi connectivity index (χ4v) is 1.05. The van der Waals surface area contributed by atoms with Crippen LogP contribution in [0.3, 0.4) is 0 Å². The van der Waals surface area contributed by atoms with Gasteiger partial charge in [-0.2, -0.15) is 0 Å². The number of nitrogens with zero attached hydrogens (tertiary/aromatic N) is 1. The monoisotopic (exact) mass is 212 g/mol. The molecule has 1 heterocycles. The molecule has 0 radical (unpaired) electrons. The molecule has 4 nitrogen and oxygen atoms in total. The van der Waals surface area contributed by atoms with E-state index in [1.807, 2.05) is 0 Å². The molecule has 14 heavy (non-hydrogen) atoms. The number of aromatic nitrogens is 1. The Kier molecular flexibility index (Phi) is 3.48. The van der Waals surface area contributed by atoms with E-state index in [1.165, 1.54) is 18.3 Å². The Morgan fingerprint density at radius 3 is 3.00 bits per heavy atom. The van der Waals surface area contributed by atoms with E-state index in [-0.39, 0.29) is 6.42 Å². The summed E-state index contributed by atoms with van der Waals surface area (Å²) in [5.74, 6) is -0.887. The second-order valence-corrected chi connectivity index (χ2v) is 3.02. The molecule has 0 saturated heterocycles. The molecule has 0 atom stereocenters. The average Bonchev–Trinajstić information content (AvgIpc) is 2.08. The average molecular weight is 213 g/mol. The minimum Gasteiger partial charge on any atom is -0.481 e. The standard InChI is InChI=1S/C9H9ClN2O2/c10-8-4-7(11)6(5-12-8)2-1-3-9(13)14/h1-2,4-5H,3H2,(H2,11,12)(H,13,14). The van der Waals surface area contributed by atoms with Crippen molar-refractivity contribution in [1.82, 2.24) is 4.98 Å².